The first kappa shape index (κ1) is 51.4. The summed E-state index contributed by atoms with van der Waals surface area (Å²) in [6.07, 6.45) is 15.6. The topological polar surface area (TPSA) is 105 Å². The normalized spacial score (nSPS) is 17.6. The average molecular weight is 979 g/mol. The summed E-state index contributed by atoms with van der Waals surface area (Å²) in [5, 5.41) is 3.36. The second-order valence-corrected chi connectivity index (χ2v) is 20.7. The monoisotopic (exact) mass is 978 g/mol. The molecule has 1 saturated heterocycles. The Kier molecular flexibility index (Phi) is 17.7. The lowest BCUT2D eigenvalue weighted by atomic mass is 9.78. The van der Waals surface area contributed by atoms with Crippen molar-refractivity contribution >= 4 is 35.5 Å². The Morgan fingerprint density at radius 2 is 1.18 bits per heavy atom. The second kappa shape index (κ2) is 24.5. The third kappa shape index (κ3) is 12.1. The van der Waals surface area contributed by atoms with Gasteiger partial charge in [0.15, 0.2) is 5.60 Å². The molecule has 8 rings (SSSR count). The number of ether oxygens (including phenoxy) is 2. The molecule has 3 aliphatic rings. The SMILES string of the molecule is CC(C)[C@@H](C(=O)N[C@@H](CC(=O)OC(c1ccccc1)(c1ccc(C2CCCCCCCCCCCC2)cc1)c1ccccc1Cl)C(=O)N1CCCC1)N(C)C(=O)OCC1c2ccccc2-c2ccccc21. The summed E-state index contributed by atoms with van der Waals surface area (Å²) in [4.78, 5) is 61.0. The summed E-state index contributed by atoms with van der Waals surface area (Å²) in [6.45, 7) is 4.79. The van der Waals surface area contributed by atoms with E-state index in [1.165, 1.54) is 74.7 Å². The van der Waals surface area contributed by atoms with Crippen molar-refractivity contribution in [2.75, 3.05) is 26.7 Å². The highest BCUT2D eigenvalue weighted by molar-refractivity contribution is 6.31. The van der Waals surface area contributed by atoms with Crippen LogP contribution in [0, 0.1) is 5.92 Å². The molecule has 0 aromatic heterocycles. The van der Waals surface area contributed by atoms with Gasteiger partial charge in [0.1, 0.15) is 18.7 Å². The van der Waals surface area contributed by atoms with Crippen LogP contribution in [0.3, 0.4) is 0 Å². The van der Waals surface area contributed by atoms with Crippen molar-refractivity contribution in [3.05, 3.63) is 166 Å². The van der Waals surface area contributed by atoms with Gasteiger partial charge in [-0.1, -0.05) is 211 Å². The maximum absolute atomic E-state index is 15.0. The van der Waals surface area contributed by atoms with Crippen molar-refractivity contribution in [2.24, 2.45) is 5.92 Å². The van der Waals surface area contributed by atoms with Crippen LogP contribution in [0.1, 0.15) is 155 Å². The van der Waals surface area contributed by atoms with Crippen LogP contribution in [-0.4, -0.2) is 72.5 Å². The minimum Gasteiger partial charge on any atom is -0.448 e. The fourth-order valence-corrected chi connectivity index (χ4v) is 11.7. The zero-order valence-corrected chi connectivity index (χ0v) is 42.7. The number of nitrogens with one attached hydrogen (secondary N) is 1. The summed E-state index contributed by atoms with van der Waals surface area (Å²) in [7, 11) is 1.54. The summed E-state index contributed by atoms with van der Waals surface area (Å²) in [5.41, 5.74) is 6.12. The Bertz CT molecular complexity index is 2520. The first-order valence-electron chi connectivity index (χ1n) is 26.4. The highest BCUT2D eigenvalue weighted by Crippen LogP contribution is 2.46. The van der Waals surface area contributed by atoms with Gasteiger partial charge in [0, 0.05) is 47.8 Å². The van der Waals surface area contributed by atoms with E-state index in [1.807, 2.05) is 86.6 Å². The molecule has 71 heavy (non-hydrogen) atoms. The molecule has 0 bridgehead atoms. The molecule has 2 fully saturated rings. The summed E-state index contributed by atoms with van der Waals surface area (Å²) >= 11 is 7.13. The van der Waals surface area contributed by atoms with Crippen molar-refractivity contribution in [3.63, 3.8) is 0 Å². The van der Waals surface area contributed by atoms with Crippen LogP contribution in [0.4, 0.5) is 4.79 Å². The fraction of sp³-hybridized carbons (Fsp3) is 0.443. The van der Waals surface area contributed by atoms with E-state index in [-0.39, 0.29) is 24.3 Å². The van der Waals surface area contributed by atoms with E-state index in [4.69, 9.17) is 21.1 Å². The van der Waals surface area contributed by atoms with Crippen LogP contribution in [0.5, 0.6) is 0 Å². The van der Waals surface area contributed by atoms with Gasteiger partial charge in [0.25, 0.3) is 0 Å². The molecular formula is C61H72ClN3O6. The van der Waals surface area contributed by atoms with Gasteiger partial charge >= 0.3 is 12.1 Å². The van der Waals surface area contributed by atoms with Crippen LogP contribution in [-0.2, 0) is 29.5 Å². The Hall–Kier alpha value is -5.93. The Balaban J connectivity index is 1.05. The molecule has 1 saturated carbocycles. The number of esters is 1. The molecule has 1 heterocycles. The Labute approximate surface area is 426 Å². The highest BCUT2D eigenvalue weighted by atomic mass is 35.5. The van der Waals surface area contributed by atoms with Gasteiger partial charge in [-0.3, -0.25) is 19.3 Å². The number of fused-ring (bicyclic) bond motifs is 3. The van der Waals surface area contributed by atoms with Gasteiger partial charge in [-0.15, -0.1) is 0 Å². The van der Waals surface area contributed by atoms with E-state index >= 15 is 0 Å². The van der Waals surface area contributed by atoms with Crippen LogP contribution in [0.25, 0.3) is 11.1 Å². The first-order valence-corrected chi connectivity index (χ1v) is 26.7. The highest BCUT2D eigenvalue weighted by Gasteiger charge is 2.44. The fourth-order valence-electron chi connectivity index (χ4n) is 11.5. The first-order chi connectivity index (χ1) is 34.6. The van der Waals surface area contributed by atoms with Crippen LogP contribution in [0.15, 0.2) is 127 Å². The Morgan fingerprint density at radius 3 is 1.76 bits per heavy atom. The van der Waals surface area contributed by atoms with Gasteiger partial charge in [-0.2, -0.15) is 0 Å². The number of likely N-dealkylation sites (tertiary alicyclic amines) is 1. The third-order valence-corrected chi connectivity index (χ3v) is 15.5. The molecule has 9 nitrogen and oxygen atoms in total. The minimum atomic E-state index is -1.52. The van der Waals surface area contributed by atoms with Gasteiger partial charge < -0.3 is 19.7 Å². The number of hydrogen-bond acceptors (Lipinski definition) is 6. The molecule has 0 spiro atoms. The number of hydrogen-bond donors (Lipinski definition) is 1. The minimum absolute atomic E-state index is 0.0868. The lowest BCUT2D eigenvalue weighted by Gasteiger charge is -2.37. The predicted octanol–water partition coefficient (Wildman–Crippen LogP) is 13.4. The number of amides is 3. The molecule has 5 aromatic carbocycles. The van der Waals surface area contributed by atoms with E-state index in [9.17, 15) is 19.2 Å². The van der Waals surface area contributed by atoms with E-state index in [0.29, 0.717) is 35.2 Å². The number of benzene rings is 5. The number of halogens is 1. The van der Waals surface area contributed by atoms with Gasteiger partial charge in [0.05, 0.1) is 6.42 Å². The molecule has 5 aromatic rings. The van der Waals surface area contributed by atoms with Crippen molar-refractivity contribution in [1.82, 2.24) is 15.1 Å². The maximum atomic E-state index is 15.0. The molecule has 374 valence electrons. The van der Waals surface area contributed by atoms with Gasteiger partial charge in [-0.25, -0.2) is 4.79 Å². The zero-order valence-electron chi connectivity index (χ0n) is 42.0. The predicted molar refractivity (Wildman–Crippen MR) is 282 cm³/mol. The molecule has 10 heteroatoms. The van der Waals surface area contributed by atoms with E-state index in [2.05, 4.69) is 53.8 Å². The molecule has 3 amide bonds. The number of nitrogens with zero attached hydrogens (tertiary/aromatic N) is 2. The summed E-state index contributed by atoms with van der Waals surface area (Å²) in [5.74, 6) is -1.75. The van der Waals surface area contributed by atoms with Gasteiger partial charge in [0.2, 0.25) is 11.8 Å². The van der Waals surface area contributed by atoms with Crippen LogP contribution < -0.4 is 5.32 Å². The molecule has 1 N–H and O–H groups in total. The largest absolute Gasteiger partial charge is 0.448 e. The second-order valence-electron chi connectivity index (χ2n) is 20.3. The zero-order chi connectivity index (χ0) is 49.7. The lowest BCUT2D eigenvalue weighted by molar-refractivity contribution is -0.156. The number of rotatable bonds is 14. The maximum Gasteiger partial charge on any atom is 0.410 e. The van der Waals surface area contributed by atoms with Crippen molar-refractivity contribution < 1.29 is 28.7 Å². The molecule has 1 unspecified atom stereocenters. The number of likely N-dealkylation sites (N-methyl/N-ethyl adjacent to an activating group) is 1. The molecular weight excluding hydrogens is 906 g/mol. The molecule has 3 atom stereocenters. The van der Waals surface area contributed by atoms with Gasteiger partial charge in [-0.05, 0) is 71.4 Å². The van der Waals surface area contributed by atoms with Crippen molar-refractivity contribution in [1.29, 1.82) is 0 Å². The standard InChI is InChI=1S/C61H72ClN3O6/c1-43(2)57(64(3)60(69)70-42-52-50-31-19-17-29-48(50)49-30-18-20-32-51(49)52)58(67)63-55(59(68)65-39-23-24-40-65)41-56(66)71-61(46-27-15-12-16-28-46,53-33-21-22-34-54(53)62)47-37-35-45(36-38-47)44-25-13-10-8-6-4-5-7-9-11-14-26-44/h12,15-22,27-38,43-44,52,55,57H,4-11,13-14,23-26,39-42H2,1-3H3,(H,63,67)/t55-,57-,61?/m0/s1. The molecule has 1 aliphatic heterocycles. The number of carbonyl (C=O) groups excluding carboxylic acids is 4. The summed E-state index contributed by atoms with van der Waals surface area (Å²) in [6, 6.07) is 39.5. The quantitative estimate of drug-likeness (QED) is 0.0878. The lowest BCUT2D eigenvalue weighted by Crippen LogP contribution is -2.56. The molecule has 2 aliphatic carbocycles. The van der Waals surface area contributed by atoms with E-state index in [1.54, 1.807) is 18.0 Å². The molecule has 0 radical (unpaired) electrons. The van der Waals surface area contributed by atoms with Crippen LogP contribution in [0.2, 0.25) is 5.02 Å². The van der Waals surface area contributed by atoms with Crippen LogP contribution >= 0.6 is 11.6 Å². The van der Waals surface area contributed by atoms with Crippen molar-refractivity contribution in [3.8, 4) is 11.1 Å². The van der Waals surface area contributed by atoms with Crippen molar-refractivity contribution in [2.45, 2.75) is 140 Å². The smallest absolute Gasteiger partial charge is 0.410 e. The van der Waals surface area contributed by atoms with E-state index in [0.717, 1.165) is 53.5 Å². The Morgan fingerprint density at radius 1 is 0.662 bits per heavy atom. The summed E-state index contributed by atoms with van der Waals surface area (Å²) < 4.78 is 12.9. The number of carbonyl (C=O) groups is 4. The van der Waals surface area contributed by atoms with E-state index < -0.39 is 42.1 Å². The third-order valence-electron chi connectivity index (χ3n) is 15.2. The average Bonchev–Trinajstić information content (AvgIpc) is 4.04.